The maximum Gasteiger partial charge on any atom is 0.243 e. The van der Waals surface area contributed by atoms with E-state index in [0.717, 1.165) is 31.9 Å². The molecule has 3 rings (SSSR count). The Bertz CT molecular complexity index is 646. The maximum atomic E-state index is 12.0. The second-order valence-electron chi connectivity index (χ2n) is 6.02. The maximum absolute atomic E-state index is 12.0. The molecule has 1 fully saturated rings. The summed E-state index contributed by atoms with van der Waals surface area (Å²) in [5.41, 5.74) is 0. The molecule has 0 spiro atoms. The number of piperazine rings is 1. The van der Waals surface area contributed by atoms with Crippen molar-refractivity contribution in [2.75, 3.05) is 32.7 Å². The molecule has 24 heavy (non-hydrogen) atoms. The Balaban J connectivity index is 1.40. The second-order valence-corrected chi connectivity index (χ2v) is 6.02. The van der Waals surface area contributed by atoms with Crippen LogP contribution in [0.4, 0.5) is 0 Å². The fourth-order valence-electron chi connectivity index (χ4n) is 2.81. The van der Waals surface area contributed by atoms with Crippen molar-refractivity contribution in [3.05, 3.63) is 35.9 Å². The molecule has 0 aromatic carbocycles. The molecule has 8 nitrogen and oxygen atoms in total. The van der Waals surface area contributed by atoms with Crippen LogP contribution in [0.25, 0.3) is 0 Å². The number of hydrogen-bond acceptors (Lipinski definition) is 7. The van der Waals surface area contributed by atoms with Crippen LogP contribution >= 0.6 is 0 Å². The van der Waals surface area contributed by atoms with Gasteiger partial charge in [0.05, 0.1) is 25.4 Å². The molecule has 0 unspecified atom stereocenters. The zero-order chi connectivity index (χ0) is 16.9. The van der Waals surface area contributed by atoms with E-state index in [1.165, 1.54) is 0 Å². The van der Waals surface area contributed by atoms with Crippen molar-refractivity contribution in [1.82, 2.24) is 25.3 Å². The van der Waals surface area contributed by atoms with Crippen LogP contribution in [0.3, 0.4) is 0 Å². The summed E-state index contributed by atoms with van der Waals surface area (Å²) in [5, 5.41) is 6.72. The summed E-state index contributed by atoms with van der Waals surface area (Å²) < 4.78 is 10.5. The van der Waals surface area contributed by atoms with Crippen molar-refractivity contribution in [2.45, 2.75) is 26.4 Å². The van der Waals surface area contributed by atoms with Gasteiger partial charge in [0.1, 0.15) is 5.76 Å². The highest BCUT2D eigenvalue weighted by Gasteiger charge is 2.26. The molecular formula is C16H23N5O3. The molecule has 3 heterocycles. The number of furan rings is 1. The van der Waals surface area contributed by atoms with Crippen molar-refractivity contribution in [3.8, 4) is 0 Å². The van der Waals surface area contributed by atoms with Gasteiger partial charge in [0.2, 0.25) is 11.8 Å². The minimum atomic E-state index is 0.0143. The Morgan fingerprint density at radius 3 is 2.79 bits per heavy atom. The Hall–Kier alpha value is -2.19. The minimum absolute atomic E-state index is 0.0143. The average molecular weight is 333 g/mol. The van der Waals surface area contributed by atoms with Gasteiger partial charge in [-0.15, -0.1) is 0 Å². The second kappa shape index (κ2) is 7.59. The molecule has 0 aliphatic carbocycles. The van der Waals surface area contributed by atoms with Crippen molar-refractivity contribution < 1.29 is 13.7 Å². The summed E-state index contributed by atoms with van der Waals surface area (Å²) >= 11 is 0. The topological polar surface area (TPSA) is 87.6 Å². The molecule has 1 aliphatic heterocycles. The van der Waals surface area contributed by atoms with Crippen molar-refractivity contribution in [1.29, 1.82) is 0 Å². The van der Waals surface area contributed by atoms with Gasteiger partial charge in [-0.3, -0.25) is 14.6 Å². The van der Waals surface area contributed by atoms with E-state index in [0.29, 0.717) is 24.8 Å². The predicted molar refractivity (Wildman–Crippen MR) is 86.0 cm³/mol. The number of carbonyl (C=O) groups excluding carboxylic acids is 1. The van der Waals surface area contributed by atoms with Crippen molar-refractivity contribution in [3.63, 3.8) is 0 Å². The van der Waals surface area contributed by atoms with Crippen molar-refractivity contribution in [2.24, 2.45) is 0 Å². The van der Waals surface area contributed by atoms with Crippen molar-refractivity contribution >= 4 is 5.91 Å². The molecule has 2 aromatic heterocycles. The number of amides is 1. The summed E-state index contributed by atoms with van der Waals surface area (Å²) in [6.45, 7) is 8.14. The monoisotopic (exact) mass is 333 g/mol. The SMILES string of the molecule is Cc1noc([C@@H](C)N2CCN(CC(=O)NCc3ccco3)CC2)n1. The molecule has 0 bridgehead atoms. The zero-order valence-electron chi connectivity index (χ0n) is 14.1. The molecule has 8 heteroatoms. The van der Waals surface area contributed by atoms with Gasteiger partial charge in [-0.25, -0.2) is 0 Å². The molecule has 1 aliphatic rings. The van der Waals surface area contributed by atoms with Crippen LogP contribution in [-0.4, -0.2) is 58.6 Å². The van der Waals surface area contributed by atoms with Crippen LogP contribution in [0.1, 0.15) is 30.4 Å². The lowest BCUT2D eigenvalue weighted by molar-refractivity contribution is -0.123. The number of aromatic nitrogens is 2. The lowest BCUT2D eigenvalue weighted by Gasteiger charge is -2.36. The lowest BCUT2D eigenvalue weighted by atomic mass is 10.2. The smallest absolute Gasteiger partial charge is 0.243 e. The van der Waals surface area contributed by atoms with E-state index in [1.54, 1.807) is 6.26 Å². The first kappa shape index (κ1) is 16.7. The first-order valence-corrected chi connectivity index (χ1v) is 8.17. The van der Waals surface area contributed by atoms with Crippen LogP contribution < -0.4 is 5.32 Å². The molecule has 2 aromatic rings. The van der Waals surface area contributed by atoms with E-state index in [1.807, 2.05) is 19.1 Å². The van der Waals surface area contributed by atoms with E-state index in [-0.39, 0.29) is 11.9 Å². The van der Waals surface area contributed by atoms with E-state index in [2.05, 4.69) is 32.2 Å². The van der Waals surface area contributed by atoms with E-state index in [4.69, 9.17) is 8.94 Å². The summed E-state index contributed by atoms with van der Waals surface area (Å²) in [6, 6.07) is 3.76. The highest BCUT2D eigenvalue weighted by molar-refractivity contribution is 5.77. The quantitative estimate of drug-likeness (QED) is 0.842. The van der Waals surface area contributed by atoms with E-state index >= 15 is 0 Å². The van der Waals surface area contributed by atoms with E-state index < -0.39 is 0 Å². The molecular weight excluding hydrogens is 310 g/mol. The fourth-order valence-corrected chi connectivity index (χ4v) is 2.81. The normalized spacial score (nSPS) is 17.8. The fraction of sp³-hybridized carbons (Fsp3) is 0.562. The molecule has 1 saturated heterocycles. The Labute approximate surface area is 140 Å². The third-order valence-electron chi connectivity index (χ3n) is 4.26. The summed E-state index contributed by atoms with van der Waals surface area (Å²) in [4.78, 5) is 20.7. The van der Waals surface area contributed by atoms with Gasteiger partial charge in [-0.1, -0.05) is 5.16 Å². The first-order chi connectivity index (χ1) is 11.6. The lowest BCUT2D eigenvalue weighted by Crippen LogP contribution is -2.49. The summed E-state index contributed by atoms with van der Waals surface area (Å²) in [5.74, 6) is 2.08. The molecule has 0 saturated carbocycles. The Morgan fingerprint density at radius 1 is 1.38 bits per heavy atom. The van der Waals surface area contributed by atoms with E-state index in [9.17, 15) is 4.79 Å². The average Bonchev–Trinajstić information content (AvgIpc) is 3.24. The highest BCUT2D eigenvalue weighted by atomic mass is 16.5. The van der Waals surface area contributed by atoms with Gasteiger partial charge in [-0.2, -0.15) is 4.98 Å². The minimum Gasteiger partial charge on any atom is -0.467 e. The molecule has 130 valence electrons. The standard InChI is InChI=1S/C16H23N5O3/c1-12(16-18-13(2)19-24-16)21-7-5-20(6-8-21)11-15(22)17-10-14-4-3-9-23-14/h3-4,9,12H,5-8,10-11H2,1-2H3,(H,17,22)/t12-/m1/s1. The molecule has 1 atom stereocenters. The molecule has 1 amide bonds. The molecule has 0 radical (unpaired) electrons. The Morgan fingerprint density at radius 2 is 2.17 bits per heavy atom. The van der Waals surface area contributed by atoms with Gasteiger partial charge >= 0.3 is 0 Å². The third kappa shape index (κ3) is 4.21. The predicted octanol–water partition coefficient (Wildman–Crippen LogP) is 0.966. The summed E-state index contributed by atoms with van der Waals surface area (Å²) in [7, 11) is 0. The number of carbonyl (C=O) groups is 1. The van der Waals surface area contributed by atoms with Crippen LogP contribution in [0.15, 0.2) is 27.3 Å². The third-order valence-corrected chi connectivity index (χ3v) is 4.26. The highest BCUT2D eigenvalue weighted by Crippen LogP contribution is 2.19. The zero-order valence-corrected chi connectivity index (χ0v) is 14.1. The number of rotatable bonds is 6. The van der Waals surface area contributed by atoms with Gasteiger partial charge in [0.25, 0.3) is 0 Å². The van der Waals surface area contributed by atoms with Gasteiger partial charge in [0, 0.05) is 26.2 Å². The largest absolute Gasteiger partial charge is 0.467 e. The number of nitrogens with zero attached hydrogens (tertiary/aromatic N) is 4. The first-order valence-electron chi connectivity index (χ1n) is 8.17. The number of nitrogens with one attached hydrogen (secondary N) is 1. The van der Waals surface area contributed by atoms with Crippen LogP contribution in [0.5, 0.6) is 0 Å². The number of aryl methyl sites for hydroxylation is 1. The summed E-state index contributed by atoms with van der Waals surface area (Å²) in [6.07, 6.45) is 1.60. The van der Waals surface area contributed by atoms with Gasteiger partial charge < -0.3 is 14.3 Å². The van der Waals surface area contributed by atoms with Crippen LogP contribution in [0.2, 0.25) is 0 Å². The number of hydrogen-bond donors (Lipinski definition) is 1. The van der Waals surface area contributed by atoms with Crippen LogP contribution in [0, 0.1) is 6.92 Å². The Kier molecular flexibility index (Phi) is 5.27. The van der Waals surface area contributed by atoms with Gasteiger partial charge in [0.15, 0.2) is 5.82 Å². The van der Waals surface area contributed by atoms with Gasteiger partial charge in [-0.05, 0) is 26.0 Å². The molecule has 1 N–H and O–H groups in total. The van der Waals surface area contributed by atoms with Crippen LogP contribution in [-0.2, 0) is 11.3 Å².